The SMILES string of the molecule is OC(CNCCC1CCCCO1)c1cccc(Br)c1. The van der Waals surface area contributed by atoms with Crippen LogP contribution in [0.3, 0.4) is 0 Å². The maximum absolute atomic E-state index is 10.1. The van der Waals surface area contributed by atoms with Crippen LogP contribution in [0.4, 0.5) is 0 Å². The lowest BCUT2D eigenvalue weighted by atomic mass is 10.1. The summed E-state index contributed by atoms with van der Waals surface area (Å²) in [7, 11) is 0. The molecule has 0 radical (unpaired) electrons. The second kappa shape index (κ2) is 8.00. The van der Waals surface area contributed by atoms with E-state index in [9.17, 15) is 5.11 Å². The van der Waals surface area contributed by atoms with Gasteiger partial charge in [-0.15, -0.1) is 0 Å². The van der Waals surface area contributed by atoms with E-state index >= 15 is 0 Å². The lowest BCUT2D eigenvalue weighted by Crippen LogP contribution is -2.28. The van der Waals surface area contributed by atoms with Gasteiger partial charge in [0.25, 0.3) is 0 Å². The summed E-state index contributed by atoms with van der Waals surface area (Å²) >= 11 is 3.42. The summed E-state index contributed by atoms with van der Waals surface area (Å²) in [5.41, 5.74) is 0.941. The van der Waals surface area contributed by atoms with Gasteiger partial charge in [-0.05, 0) is 49.9 Å². The van der Waals surface area contributed by atoms with Crippen molar-refractivity contribution in [3.8, 4) is 0 Å². The number of hydrogen-bond donors (Lipinski definition) is 2. The molecule has 0 aliphatic carbocycles. The van der Waals surface area contributed by atoms with Crippen LogP contribution in [-0.2, 0) is 4.74 Å². The Morgan fingerprint density at radius 3 is 3.05 bits per heavy atom. The molecule has 0 amide bonds. The van der Waals surface area contributed by atoms with E-state index in [0.29, 0.717) is 12.6 Å². The van der Waals surface area contributed by atoms with Gasteiger partial charge in [0.05, 0.1) is 12.2 Å². The van der Waals surface area contributed by atoms with Crippen LogP contribution in [0.15, 0.2) is 28.7 Å². The third-order valence-electron chi connectivity index (χ3n) is 3.49. The Kier molecular flexibility index (Phi) is 6.31. The van der Waals surface area contributed by atoms with Gasteiger partial charge in [0, 0.05) is 17.6 Å². The number of benzene rings is 1. The highest BCUT2D eigenvalue weighted by Crippen LogP contribution is 2.18. The van der Waals surface area contributed by atoms with Gasteiger partial charge in [-0.1, -0.05) is 28.1 Å². The minimum absolute atomic E-state index is 0.407. The van der Waals surface area contributed by atoms with E-state index in [1.54, 1.807) is 0 Å². The maximum atomic E-state index is 10.1. The second-order valence-corrected chi connectivity index (χ2v) is 5.97. The van der Waals surface area contributed by atoms with Crippen LogP contribution in [0.5, 0.6) is 0 Å². The van der Waals surface area contributed by atoms with Crippen molar-refractivity contribution in [1.29, 1.82) is 0 Å². The number of ether oxygens (including phenoxy) is 1. The maximum Gasteiger partial charge on any atom is 0.0914 e. The summed E-state index contributed by atoms with van der Waals surface area (Å²) < 4.78 is 6.68. The van der Waals surface area contributed by atoms with E-state index in [1.165, 1.54) is 19.3 Å². The monoisotopic (exact) mass is 327 g/mol. The van der Waals surface area contributed by atoms with Crippen molar-refractivity contribution >= 4 is 15.9 Å². The van der Waals surface area contributed by atoms with E-state index in [-0.39, 0.29) is 0 Å². The van der Waals surface area contributed by atoms with Crippen molar-refractivity contribution in [3.05, 3.63) is 34.3 Å². The highest BCUT2D eigenvalue weighted by molar-refractivity contribution is 9.10. The molecular weight excluding hydrogens is 306 g/mol. The molecule has 19 heavy (non-hydrogen) atoms. The second-order valence-electron chi connectivity index (χ2n) is 5.05. The molecule has 1 heterocycles. The molecule has 2 unspecified atom stereocenters. The average molecular weight is 328 g/mol. The number of hydrogen-bond acceptors (Lipinski definition) is 3. The van der Waals surface area contributed by atoms with E-state index in [2.05, 4.69) is 21.2 Å². The van der Waals surface area contributed by atoms with Gasteiger partial charge in [-0.2, -0.15) is 0 Å². The first-order valence-electron chi connectivity index (χ1n) is 7.01. The summed E-state index contributed by atoms with van der Waals surface area (Å²) in [6.45, 7) is 2.39. The highest BCUT2D eigenvalue weighted by Gasteiger charge is 2.13. The van der Waals surface area contributed by atoms with Crippen molar-refractivity contribution in [2.75, 3.05) is 19.7 Å². The molecule has 0 saturated carbocycles. The fourth-order valence-electron chi connectivity index (χ4n) is 2.37. The zero-order valence-electron chi connectivity index (χ0n) is 11.1. The molecule has 0 aromatic heterocycles. The Labute approximate surface area is 123 Å². The quantitative estimate of drug-likeness (QED) is 0.789. The Balaban J connectivity index is 1.64. The minimum Gasteiger partial charge on any atom is -0.387 e. The molecule has 1 aromatic rings. The molecule has 1 fully saturated rings. The van der Waals surface area contributed by atoms with Crippen molar-refractivity contribution < 1.29 is 9.84 Å². The van der Waals surface area contributed by atoms with Crippen molar-refractivity contribution in [3.63, 3.8) is 0 Å². The van der Waals surface area contributed by atoms with Gasteiger partial charge in [0.2, 0.25) is 0 Å². The fourth-order valence-corrected chi connectivity index (χ4v) is 2.79. The predicted molar refractivity (Wildman–Crippen MR) is 80.2 cm³/mol. The number of aliphatic hydroxyl groups is 1. The fraction of sp³-hybridized carbons (Fsp3) is 0.600. The van der Waals surface area contributed by atoms with E-state index in [4.69, 9.17) is 4.74 Å². The van der Waals surface area contributed by atoms with Gasteiger partial charge in [-0.25, -0.2) is 0 Å². The van der Waals surface area contributed by atoms with Crippen LogP contribution in [0, 0.1) is 0 Å². The molecule has 2 atom stereocenters. The first kappa shape index (κ1) is 15.0. The first-order valence-corrected chi connectivity index (χ1v) is 7.81. The van der Waals surface area contributed by atoms with Crippen LogP contribution < -0.4 is 5.32 Å². The molecule has 106 valence electrons. The lowest BCUT2D eigenvalue weighted by Gasteiger charge is -2.22. The summed E-state index contributed by atoms with van der Waals surface area (Å²) in [6.07, 6.45) is 4.65. The highest BCUT2D eigenvalue weighted by atomic mass is 79.9. The average Bonchev–Trinajstić information content (AvgIpc) is 2.44. The van der Waals surface area contributed by atoms with Crippen LogP contribution in [0.25, 0.3) is 0 Å². The molecular formula is C15H22BrNO2. The third-order valence-corrected chi connectivity index (χ3v) is 3.98. The molecule has 1 aromatic carbocycles. The molecule has 3 nitrogen and oxygen atoms in total. The van der Waals surface area contributed by atoms with Gasteiger partial charge in [-0.3, -0.25) is 0 Å². The topological polar surface area (TPSA) is 41.5 Å². The Morgan fingerprint density at radius 2 is 2.32 bits per heavy atom. The van der Waals surface area contributed by atoms with Crippen LogP contribution in [-0.4, -0.2) is 30.9 Å². The zero-order valence-corrected chi connectivity index (χ0v) is 12.7. The molecule has 1 aliphatic rings. The van der Waals surface area contributed by atoms with E-state index in [0.717, 1.165) is 29.6 Å². The number of rotatable bonds is 6. The molecule has 2 rings (SSSR count). The zero-order chi connectivity index (χ0) is 13.5. The van der Waals surface area contributed by atoms with Gasteiger partial charge >= 0.3 is 0 Å². The Bertz CT molecular complexity index is 380. The van der Waals surface area contributed by atoms with Crippen molar-refractivity contribution in [1.82, 2.24) is 5.32 Å². The number of halogens is 1. The smallest absolute Gasteiger partial charge is 0.0914 e. The van der Waals surface area contributed by atoms with Crippen LogP contribution >= 0.6 is 15.9 Å². The standard InChI is InChI=1S/C15H22BrNO2/c16-13-5-3-4-12(10-13)15(18)11-17-8-7-14-6-1-2-9-19-14/h3-5,10,14-15,17-18H,1-2,6-9,11H2. The summed E-state index contributed by atoms with van der Waals surface area (Å²) in [5.74, 6) is 0. The number of nitrogens with one attached hydrogen (secondary N) is 1. The predicted octanol–water partition coefficient (Wildman–Crippen LogP) is 3.03. The lowest BCUT2D eigenvalue weighted by molar-refractivity contribution is 0.0111. The van der Waals surface area contributed by atoms with Crippen LogP contribution in [0.2, 0.25) is 0 Å². The van der Waals surface area contributed by atoms with Crippen molar-refractivity contribution in [2.24, 2.45) is 0 Å². The summed E-state index contributed by atoms with van der Waals surface area (Å²) in [4.78, 5) is 0. The Morgan fingerprint density at radius 1 is 1.42 bits per heavy atom. The third kappa shape index (κ3) is 5.22. The normalized spacial score (nSPS) is 21.3. The van der Waals surface area contributed by atoms with E-state index < -0.39 is 6.10 Å². The van der Waals surface area contributed by atoms with E-state index in [1.807, 2.05) is 24.3 Å². The van der Waals surface area contributed by atoms with Crippen molar-refractivity contribution in [2.45, 2.75) is 37.9 Å². The summed E-state index contributed by atoms with van der Waals surface area (Å²) in [5, 5.41) is 13.4. The van der Waals surface area contributed by atoms with Gasteiger partial charge in [0.1, 0.15) is 0 Å². The molecule has 1 aliphatic heterocycles. The molecule has 1 saturated heterocycles. The first-order chi connectivity index (χ1) is 9.25. The largest absolute Gasteiger partial charge is 0.387 e. The minimum atomic E-state index is -0.454. The molecule has 0 spiro atoms. The summed E-state index contributed by atoms with van der Waals surface area (Å²) in [6, 6.07) is 7.81. The van der Waals surface area contributed by atoms with Gasteiger partial charge < -0.3 is 15.2 Å². The van der Waals surface area contributed by atoms with Crippen LogP contribution in [0.1, 0.15) is 37.4 Å². The number of aliphatic hydroxyl groups excluding tert-OH is 1. The molecule has 2 N–H and O–H groups in total. The molecule has 4 heteroatoms. The molecule has 0 bridgehead atoms. The Hall–Kier alpha value is -0.420. The van der Waals surface area contributed by atoms with Gasteiger partial charge in [0.15, 0.2) is 0 Å².